The SMILES string of the molecule is COC(=O)c1ccc(NC(=O)COc2ccc(S(=O)(=O)NCCc3ccccc3)cc2)cc1. The molecular formula is C24H24N2O6S. The van der Waals surface area contributed by atoms with Crippen molar-refractivity contribution in [1.82, 2.24) is 4.72 Å². The van der Waals surface area contributed by atoms with Crippen molar-refractivity contribution in [3.63, 3.8) is 0 Å². The Labute approximate surface area is 192 Å². The molecule has 33 heavy (non-hydrogen) atoms. The maximum Gasteiger partial charge on any atom is 0.337 e. The van der Waals surface area contributed by atoms with Gasteiger partial charge in [-0.05, 0) is 60.5 Å². The molecule has 2 N–H and O–H groups in total. The number of carbonyl (C=O) groups is 2. The Morgan fingerprint density at radius 2 is 1.55 bits per heavy atom. The van der Waals surface area contributed by atoms with Gasteiger partial charge in [0.1, 0.15) is 5.75 Å². The van der Waals surface area contributed by atoms with Gasteiger partial charge in [-0.3, -0.25) is 4.79 Å². The third-order valence-corrected chi connectivity index (χ3v) is 6.12. The Kier molecular flexibility index (Phi) is 8.17. The number of hydrogen-bond acceptors (Lipinski definition) is 6. The topological polar surface area (TPSA) is 111 Å². The van der Waals surface area contributed by atoms with Crippen LogP contribution in [0.25, 0.3) is 0 Å². The van der Waals surface area contributed by atoms with E-state index in [9.17, 15) is 18.0 Å². The van der Waals surface area contributed by atoms with Crippen molar-refractivity contribution in [3.05, 3.63) is 90.0 Å². The summed E-state index contributed by atoms with van der Waals surface area (Å²) in [4.78, 5) is 23.6. The molecule has 8 nitrogen and oxygen atoms in total. The van der Waals surface area contributed by atoms with E-state index in [-0.39, 0.29) is 18.0 Å². The molecule has 0 heterocycles. The van der Waals surface area contributed by atoms with Crippen LogP contribution in [0.2, 0.25) is 0 Å². The summed E-state index contributed by atoms with van der Waals surface area (Å²) in [5.41, 5.74) is 1.91. The number of rotatable bonds is 10. The quantitative estimate of drug-likeness (QED) is 0.443. The molecule has 1 amide bonds. The normalized spacial score (nSPS) is 10.9. The lowest BCUT2D eigenvalue weighted by Crippen LogP contribution is -2.26. The second-order valence-electron chi connectivity index (χ2n) is 7.01. The zero-order valence-electron chi connectivity index (χ0n) is 18.0. The van der Waals surface area contributed by atoms with Crippen LogP contribution in [-0.4, -0.2) is 40.6 Å². The standard InChI is InChI=1S/C24H24N2O6S/c1-31-24(28)19-7-9-20(10-8-19)26-23(27)17-32-21-11-13-22(14-12-21)33(29,30)25-16-15-18-5-3-2-4-6-18/h2-14,25H,15-17H2,1H3,(H,26,27). The van der Waals surface area contributed by atoms with Crippen molar-refractivity contribution in [1.29, 1.82) is 0 Å². The summed E-state index contributed by atoms with van der Waals surface area (Å²) in [6, 6.07) is 21.6. The number of anilines is 1. The van der Waals surface area contributed by atoms with Crippen molar-refractivity contribution >= 4 is 27.6 Å². The number of amides is 1. The summed E-state index contributed by atoms with van der Waals surface area (Å²) in [5, 5.41) is 2.65. The molecule has 0 radical (unpaired) electrons. The van der Waals surface area contributed by atoms with E-state index in [0.29, 0.717) is 23.4 Å². The van der Waals surface area contributed by atoms with Gasteiger partial charge in [0.2, 0.25) is 10.0 Å². The molecule has 0 bridgehead atoms. The third-order valence-electron chi connectivity index (χ3n) is 4.64. The Balaban J connectivity index is 1.47. The average Bonchev–Trinajstić information content (AvgIpc) is 2.83. The van der Waals surface area contributed by atoms with Crippen LogP contribution in [0, 0.1) is 0 Å². The number of benzene rings is 3. The van der Waals surface area contributed by atoms with Crippen LogP contribution < -0.4 is 14.8 Å². The van der Waals surface area contributed by atoms with Crippen molar-refractivity contribution in [3.8, 4) is 5.75 Å². The third kappa shape index (κ3) is 7.16. The van der Waals surface area contributed by atoms with Gasteiger partial charge in [-0.1, -0.05) is 30.3 Å². The first kappa shape index (κ1) is 24.0. The summed E-state index contributed by atoms with van der Waals surface area (Å²) in [6.07, 6.45) is 0.585. The van der Waals surface area contributed by atoms with Gasteiger partial charge in [-0.25, -0.2) is 17.9 Å². The number of sulfonamides is 1. The minimum absolute atomic E-state index is 0.109. The van der Waals surface area contributed by atoms with Crippen molar-refractivity contribution in [2.75, 3.05) is 25.6 Å². The van der Waals surface area contributed by atoms with Gasteiger partial charge >= 0.3 is 5.97 Å². The van der Waals surface area contributed by atoms with E-state index in [0.717, 1.165) is 5.56 Å². The fraction of sp³-hybridized carbons (Fsp3) is 0.167. The molecule has 0 aromatic heterocycles. The molecule has 0 unspecified atom stereocenters. The minimum Gasteiger partial charge on any atom is -0.484 e. The highest BCUT2D eigenvalue weighted by Crippen LogP contribution is 2.16. The first-order valence-electron chi connectivity index (χ1n) is 10.1. The largest absolute Gasteiger partial charge is 0.484 e. The molecule has 0 atom stereocenters. The van der Waals surface area contributed by atoms with E-state index in [1.165, 1.54) is 43.5 Å². The maximum absolute atomic E-state index is 12.4. The Morgan fingerprint density at radius 3 is 2.18 bits per heavy atom. The van der Waals surface area contributed by atoms with Crippen LogP contribution in [0.4, 0.5) is 5.69 Å². The van der Waals surface area contributed by atoms with Crippen molar-refractivity contribution in [2.45, 2.75) is 11.3 Å². The van der Waals surface area contributed by atoms with E-state index in [4.69, 9.17) is 4.74 Å². The predicted octanol–water partition coefficient (Wildman–Crippen LogP) is 3.01. The first-order valence-corrected chi connectivity index (χ1v) is 11.6. The van der Waals surface area contributed by atoms with Crippen LogP contribution in [0.3, 0.4) is 0 Å². The van der Waals surface area contributed by atoms with Gasteiger partial charge in [-0.15, -0.1) is 0 Å². The lowest BCUT2D eigenvalue weighted by Gasteiger charge is -2.10. The van der Waals surface area contributed by atoms with E-state index in [2.05, 4.69) is 14.8 Å². The van der Waals surface area contributed by atoms with E-state index in [1.54, 1.807) is 12.1 Å². The molecule has 9 heteroatoms. The van der Waals surface area contributed by atoms with Gasteiger partial charge in [0, 0.05) is 12.2 Å². The molecule has 3 aromatic carbocycles. The zero-order valence-corrected chi connectivity index (χ0v) is 18.8. The lowest BCUT2D eigenvalue weighted by molar-refractivity contribution is -0.118. The molecule has 0 spiro atoms. The van der Waals surface area contributed by atoms with E-state index in [1.807, 2.05) is 30.3 Å². The molecule has 3 aromatic rings. The van der Waals surface area contributed by atoms with Gasteiger partial charge in [0.15, 0.2) is 6.61 Å². The fourth-order valence-corrected chi connectivity index (χ4v) is 3.96. The number of esters is 1. The molecule has 0 aliphatic carbocycles. The number of nitrogens with one attached hydrogen (secondary N) is 2. The number of ether oxygens (including phenoxy) is 2. The predicted molar refractivity (Wildman–Crippen MR) is 124 cm³/mol. The minimum atomic E-state index is -3.65. The molecule has 0 saturated carbocycles. The maximum atomic E-state index is 12.4. The molecule has 3 rings (SSSR count). The smallest absolute Gasteiger partial charge is 0.337 e. The lowest BCUT2D eigenvalue weighted by atomic mass is 10.2. The summed E-state index contributed by atoms with van der Waals surface area (Å²) in [6.45, 7) is 0.0194. The van der Waals surface area contributed by atoms with Gasteiger partial charge in [0.05, 0.1) is 17.6 Å². The molecule has 172 valence electrons. The summed E-state index contributed by atoms with van der Waals surface area (Å²) in [5.74, 6) is -0.511. The van der Waals surface area contributed by atoms with Crippen molar-refractivity contribution in [2.24, 2.45) is 0 Å². The Morgan fingerprint density at radius 1 is 0.879 bits per heavy atom. The second-order valence-corrected chi connectivity index (χ2v) is 8.78. The second kappa shape index (κ2) is 11.3. The monoisotopic (exact) mass is 468 g/mol. The van der Waals surface area contributed by atoms with Gasteiger partial charge in [0.25, 0.3) is 5.91 Å². The highest BCUT2D eigenvalue weighted by Gasteiger charge is 2.14. The summed E-state index contributed by atoms with van der Waals surface area (Å²) >= 11 is 0. The highest BCUT2D eigenvalue weighted by molar-refractivity contribution is 7.89. The van der Waals surface area contributed by atoms with Gasteiger partial charge in [-0.2, -0.15) is 0 Å². The molecule has 0 aliphatic rings. The molecule has 0 fully saturated rings. The number of carbonyl (C=O) groups excluding carboxylic acids is 2. The Bertz CT molecular complexity index is 1180. The number of hydrogen-bond donors (Lipinski definition) is 2. The van der Waals surface area contributed by atoms with Crippen LogP contribution in [0.15, 0.2) is 83.8 Å². The molecular weight excluding hydrogens is 444 g/mol. The number of methoxy groups -OCH3 is 1. The Hall–Kier alpha value is -3.69. The molecule has 0 saturated heterocycles. The fourth-order valence-electron chi connectivity index (χ4n) is 2.93. The zero-order chi connectivity index (χ0) is 23.7. The average molecular weight is 469 g/mol. The van der Waals surface area contributed by atoms with Crippen LogP contribution >= 0.6 is 0 Å². The first-order chi connectivity index (χ1) is 15.9. The molecule has 0 aliphatic heterocycles. The highest BCUT2D eigenvalue weighted by atomic mass is 32.2. The summed E-state index contributed by atoms with van der Waals surface area (Å²) in [7, 11) is -2.36. The van der Waals surface area contributed by atoms with Crippen molar-refractivity contribution < 1.29 is 27.5 Å². The van der Waals surface area contributed by atoms with E-state index < -0.39 is 21.9 Å². The van der Waals surface area contributed by atoms with Crippen LogP contribution in [-0.2, 0) is 26.0 Å². The summed E-state index contributed by atoms with van der Waals surface area (Å²) < 4.78 is 37.5. The van der Waals surface area contributed by atoms with Crippen LogP contribution in [0.5, 0.6) is 5.75 Å². The van der Waals surface area contributed by atoms with E-state index >= 15 is 0 Å². The van der Waals surface area contributed by atoms with Gasteiger partial charge < -0.3 is 14.8 Å². The van der Waals surface area contributed by atoms with Crippen LogP contribution in [0.1, 0.15) is 15.9 Å².